The standard InChI is InChI=1S/C26H14ClF2NO5/c27-17-11-14(9-10-18(17)29)30-24(33)19-20(25(30)34)26(35-21(19)12-5-7-13(28)8-6-12)22(31)15-3-1-2-4-16(15)23(26)32/h1-11,19-21H/t19-,20-,21+/m1/s1. The third-order valence-corrected chi connectivity index (χ3v) is 7.17. The fraction of sp³-hybridized carbons (Fsp3) is 0.154. The third kappa shape index (κ3) is 2.78. The smallest absolute Gasteiger partial charge is 0.241 e. The van der Waals surface area contributed by atoms with E-state index >= 15 is 0 Å². The SMILES string of the molecule is O=C1[C@H]2[C@H](c3ccc(F)cc3)OC3(C(=O)c4ccccc4C3=O)[C@H]2C(=O)N1c1ccc(F)c(Cl)c1. The van der Waals surface area contributed by atoms with Gasteiger partial charge in [0.1, 0.15) is 11.6 Å². The highest BCUT2D eigenvalue weighted by molar-refractivity contribution is 6.37. The second-order valence-corrected chi connectivity index (χ2v) is 9.05. The molecular weight excluding hydrogens is 480 g/mol. The maximum absolute atomic E-state index is 13.8. The maximum Gasteiger partial charge on any atom is 0.241 e. The van der Waals surface area contributed by atoms with E-state index in [1.165, 1.54) is 30.3 Å². The summed E-state index contributed by atoms with van der Waals surface area (Å²) in [7, 11) is 0. The van der Waals surface area contributed by atoms with Crippen molar-refractivity contribution in [3.63, 3.8) is 0 Å². The Morgan fingerprint density at radius 2 is 1.46 bits per heavy atom. The number of fused-ring (bicyclic) bond motifs is 3. The van der Waals surface area contributed by atoms with Crippen molar-refractivity contribution < 1.29 is 32.7 Å². The van der Waals surface area contributed by atoms with Crippen LogP contribution in [0.25, 0.3) is 0 Å². The van der Waals surface area contributed by atoms with E-state index in [9.17, 15) is 28.0 Å². The average Bonchev–Trinajstić information content (AvgIpc) is 3.41. The Labute approximate surface area is 202 Å². The molecular formula is C26H14ClF2NO5. The highest BCUT2D eigenvalue weighted by Crippen LogP contribution is 2.57. The van der Waals surface area contributed by atoms with Crippen molar-refractivity contribution in [1.82, 2.24) is 0 Å². The minimum Gasteiger partial charge on any atom is -0.349 e. The number of anilines is 1. The maximum atomic E-state index is 13.8. The van der Waals surface area contributed by atoms with Gasteiger partial charge in [0.25, 0.3) is 0 Å². The van der Waals surface area contributed by atoms with Crippen LogP contribution in [0.1, 0.15) is 32.4 Å². The molecule has 6 nitrogen and oxygen atoms in total. The molecule has 0 aromatic heterocycles. The summed E-state index contributed by atoms with van der Waals surface area (Å²) >= 11 is 5.88. The van der Waals surface area contributed by atoms with Crippen LogP contribution in [0.2, 0.25) is 5.02 Å². The van der Waals surface area contributed by atoms with Gasteiger partial charge in [-0.05, 0) is 35.9 Å². The van der Waals surface area contributed by atoms with Crippen molar-refractivity contribution in [2.75, 3.05) is 4.90 Å². The molecule has 2 fully saturated rings. The van der Waals surface area contributed by atoms with Gasteiger partial charge in [0.15, 0.2) is 0 Å². The Bertz CT molecular complexity index is 1440. The lowest BCUT2D eigenvalue weighted by molar-refractivity contribution is -0.127. The van der Waals surface area contributed by atoms with Crippen LogP contribution in [-0.2, 0) is 14.3 Å². The van der Waals surface area contributed by atoms with Gasteiger partial charge in [-0.15, -0.1) is 0 Å². The Balaban J connectivity index is 1.54. The van der Waals surface area contributed by atoms with Crippen molar-refractivity contribution in [3.05, 3.63) is 100 Å². The number of benzene rings is 3. The summed E-state index contributed by atoms with van der Waals surface area (Å²) in [5.74, 6) is -6.98. The molecule has 3 aromatic carbocycles. The van der Waals surface area contributed by atoms with Gasteiger partial charge in [-0.25, -0.2) is 13.7 Å². The Hall–Kier alpha value is -3.75. The lowest BCUT2D eigenvalue weighted by Gasteiger charge is -2.27. The molecule has 0 N–H and O–H groups in total. The number of hydrogen-bond acceptors (Lipinski definition) is 5. The first kappa shape index (κ1) is 21.8. The number of ketones is 2. The molecule has 6 rings (SSSR count). The normalized spacial score (nSPS) is 24.4. The number of halogens is 3. The predicted octanol–water partition coefficient (Wildman–Crippen LogP) is 4.31. The average molecular weight is 494 g/mol. The first-order valence-corrected chi connectivity index (χ1v) is 11.1. The summed E-state index contributed by atoms with van der Waals surface area (Å²) in [5, 5.41) is -0.304. The van der Waals surface area contributed by atoms with Crippen LogP contribution in [0.4, 0.5) is 14.5 Å². The number of imide groups is 1. The van der Waals surface area contributed by atoms with E-state index in [2.05, 4.69) is 0 Å². The fourth-order valence-electron chi connectivity index (χ4n) is 5.35. The zero-order valence-electron chi connectivity index (χ0n) is 17.7. The second-order valence-electron chi connectivity index (χ2n) is 8.64. The molecule has 2 aliphatic heterocycles. The number of ether oxygens (including phenoxy) is 1. The molecule has 3 aliphatic rings. The molecule has 35 heavy (non-hydrogen) atoms. The zero-order chi connectivity index (χ0) is 24.6. The molecule has 9 heteroatoms. The summed E-state index contributed by atoms with van der Waals surface area (Å²) in [6, 6.07) is 14.5. The lowest BCUT2D eigenvalue weighted by atomic mass is 9.77. The van der Waals surface area contributed by atoms with E-state index in [1.54, 1.807) is 12.1 Å². The van der Waals surface area contributed by atoms with Gasteiger partial charge in [-0.1, -0.05) is 48.0 Å². The Kier molecular flexibility index (Phi) is 4.58. The van der Waals surface area contributed by atoms with Gasteiger partial charge in [0.05, 0.1) is 28.6 Å². The van der Waals surface area contributed by atoms with E-state index in [4.69, 9.17) is 16.3 Å². The first-order valence-electron chi connectivity index (χ1n) is 10.7. The van der Waals surface area contributed by atoms with Gasteiger partial charge < -0.3 is 4.74 Å². The summed E-state index contributed by atoms with van der Waals surface area (Å²) in [4.78, 5) is 55.5. The van der Waals surface area contributed by atoms with Crippen LogP contribution in [-0.4, -0.2) is 29.0 Å². The molecule has 3 atom stereocenters. The van der Waals surface area contributed by atoms with Crippen LogP contribution < -0.4 is 4.90 Å². The monoisotopic (exact) mass is 493 g/mol. The summed E-state index contributed by atoms with van der Waals surface area (Å²) < 4.78 is 33.5. The highest BCUT2D eigenvalue weighted by atomic mass is 35.5. The van der Waals surface area contributed by atoms with E-state index in [0.29, 0.717) is 5.56 Å². The number of nitrogens with zero attached hydrogens (tertiary/aromatic N) is 1. The molecule has 2 amide bonds. The summed E-state index contributed by atoms with van der Waals surface area (Å²) in [6.45, 7) is 0. The molecule has 1 spiro atoms. The van der Waals surface area contributed by atoms with Gasteiger partial charge >= 0.3 is 0 Å². The predicted molar refractivity (Wildman–Crippen MR) is 119 cm³/mol. The van der Waals surface area contributed by atoms with Crippen LogP contribution in [0.3, 0.4) is 0 Å². The molecule has 0 unspecified atom stereocenters. The first-order chi connectivity index (χ1) is 16.8. The molecule has 0 bridgehead atoms. The van der Waals surface area contributed by atoms with Gasteiger partial charge in [0, 0.05) is 11.1 Å². The molecule has 3 aromatic rings. The lowest BCUT2D eigenvalue weighted by Crippen LogP contribution is -2.51. The largest absolute Gasteiger partial charge is 0.349 e. The van der Waals surface area contributed by atoms with Gasteiger partial charge in [-0.2, -0.15) is 0 Å². The van der Waals surface area contributed by atoms with Crippen LogP contribution >= 0.6 is 11.6 Å². The second kappa shape index (κ2) is 7.37. The highest BCUT2D eigenvalue weighted by Gasteiger charge is 2.74. The van der Waals surface area contributed by atoms with Crippen LogP contribution in [0.15, 0.2) is 66.7 Å². The number of hydrogen-bond donors (Lipinski definition) is 0. The van der Waals surface area contributed by atoms with Crippen molar-refractivity contribution in [2.24, 2.45) is 11.8 Å². The van der Waals surface area contributed by atoms with Gasteiger partial charge in [0.2, 0.25) is 29.0 Å². The molecule has 0 radical (unpaired) electrons. The number of amides is 2. The Morgan fingerprint density at radius 1 is 0.829 bits per heavy atom. The van der Waals surface area contributed by atoms with E-state index in [-0.39, 0.29) is 21.8 Å². The fourth-order valence-corrected chi connectivity index (χ4v) is 5.52. The van der Waals surface area contributed by atoms with E-state index in [1.807, 2.05) is 0 Å². The Morgan fingerprint density at radius 3 is 2.06 bits per heavy atom. The minimum atomic E-state index is -2.25. The topological polar surface area (TPSA) is 80.8 Å². The number of carbonyl (C=O) groups excluding carboxylic acids is 4. The molecule has 2 saturated heterocycles. The van der Waals surface area contributed by atoms with E-state index in [0.717, 1.165) is 29.2 Å². The molecule has 2 heterocycles. The summed E-state index contributed by atoms with van der Waals surface area (Å²) in [5.41, 5.74) is -1.73. The van der Waals surface area contributed by atoms with Crippen molar-refractivity contribution in [2.45, 2.75) is 11.7 Å². The third-order valence-electron chi connectivity index (χ3n) is 6.88. The number of rotatable bonds is 2. The quantitative estimate of drug-likeness (QED) is 0.392. The number of Topliss-reactive ketones (excluding diaryl/α,β-unsaturated/α-hetero) is 2. The van der Waals surface area contributed by atoms with E-state index < -0.39 is 58.6 Å². The van der Waals surface area contributed by atoms with Crippen molar-refractivity contribution in [1.29, 1.82) is 0 Å². The minimum absolute atomic E-state index is 0.00390. The van der Waals surface area contributed by atoms with Crippen molar-refractivity contribution in [3.8, 4) is 0 Å². The van der Waals surface area contributed by atoms with Crippen LogP contribution in [0.5, 0.6) is 0 Å². The van der Waals surface area contributed by atoms with Gasteiger partial charge in [-0.3, -0.25) is 19.2 Å². The molecule has 174 valence electrons. The summed E-state index contributed by atoms with van der Waals surface area (Å²) in [6.07, 6.45) is -1.18. The van der Waals surface area contributed by atoms with Crippen LogP contribution in [0, 0.1) is 23.5 Å². The molecule has 0 saturated carbocycles. The number of carbonyl (C=O) groups is 4. The molecule has 1 aliphatic carbocycles. The zero-order valence-corrected chi connectivity index (χ0v) is 18.5. The van der Waals surface area contributed by atoms with Crippen molar-refractivity contribution >= 4 is 40.7 Å².